The van der Waals surface area contributed by atoms with Gasteiger partial charge in [-0.25, -0.2) is 13.1 Å². The van der Waals surface area contributed by atoms with Gasteiger partial charge in [0.2, 0.25) is 15.8 Å². The molecule has 0 atom stereocenters. The molecule has 0 aliphatic carbocycles. The molecule has 7 nitrogen and oxygen atoms in total. The molecule has 0 saturated heterocycles. The van der Waals surface area contributed by atoms with Crippen LogP contribution in [-0.4, -0.2) is 29.7 Å². The average molecular weight is 362 g/mol. The van der Waals surface area contributed by atoms with Crippen LogP contribution in [0.15, 0.2) is 41.3 Å². The Morgan fingerprint density at radius 1 is 1.04 bits per heavy atom. The monoisotopic (exact) mass is 362 g/mol. The van der Waals surface area contributed by atoms with Crippen LogP contribution in [0.4, 0.5) is 0 Å². The van der Waals surface area contributed by atoms with Crippen LogP contribution in [0.2, 0.25) is 0 Å². The van der Waals surface area contributed by atoms with E-state index in [0.717, 1.165) is 0 Å². The van der Waals surface area contributed by atoms with E-state index in [1.165, 1.54) is 45.6 Å². The van der Waals surface area contributed by atoms with Crippen LogP contribution in [-0.2, 0) is 16.6 Å². The lowest BCUT2D eigenvalue weighted by Crippen LogP contribution is -2.23. The number of nitrogens with one attached hydrogen (secondary N) is 1. The van der Waals surface area contributed by atoms with E-state index >= 15 is 0 Å². The number of hydrogen-bond acceptors (Lipinski definition) is 6. The minimum Gasteiger partial charge on any atom is -0.493 e. The van der Waals surface area contributed by atoms with Crippen LogP contribution in [0.25, 0.3) is 0 Å². The first kappa shape index (κ1) is 18.6. The second-order valence-corrected chi connectivity index (χ2v) is 6.76. The lowest BCUT2D eigenvalue weighted by atomic mass is 10.2. The molecule has 0 heterocycles. The quantitative estimate of drug-likeness (QED) is 0.810. The standard InChI is InChI=1S/C17H18N2O5S/c1-22-15-8-13(9-16(23-2)17(15)24-3)11-19-25(20,21)14-6-4-5-12(7-14)10-18/h4-9,19H,11H2,1-3H3. The maximum atomic E-state index is 12.4. The molecule has 0 radical (unpaired) electrons. The summed E-state index contributed by atoms with van der Waals surface area (Å²) in [7, 11) is 0.701. The van der Waals surface area contributed by atoms with Crippen molar-refractivity contribution >= 4 is 10.0 Å². The van der Waals surface area contributed by atoms with Crippen LogP contribution in [0.1, 0.15) is 11.1 Å². The number of sulfonamides is 1. The molecule has 25 heavy (non-hydrogen) atoms. The fraction of sp³-hybridized carbons (Fsp3) is 0.235. The van der Waals surface area contributed by atoms with Crippen molar-refractivity contribution in [3.05, 3.63) is 47.5 Å². The van der Waals surface area contributed by atoms with Crippen molar-refractivity contribution in [1.29, 1.82) is 5.26 Å². The number of nitrogens with zero attached hydrogens (tertiary/aromatic N) is 1. The summed E-state index contributed by atoms with van der Waals surface area (Å²) in [6, 6.07) is 11.0. The molecule has 0 unspecified atom stereocenters. The van der Waals surface area contributed by atoms with Gasteiger partial charge in [0, 0.05) is 6.54 Å². The van der Waals surface area contributed by atoms with Crippen molar-refractivity contribution in [3.8, 4) is 23.3 Å². The Morgan fingerprint density at radius 2 is 1.68 bits per heavy atom. The van der Waals surface area contributed by atoms with Crippen LogP contribution in [0.5, 0.6) is 17.2 Å². The number of hydrogen-bond donors (Lipinski definition) is 1. The molecule has 0 amide bonds. The zero-order chi connectivity index (χ0) is 18.4. The Labute approximate surface area is 146 Å². The molecule has 2 rings (SSSR count). The zero-order valence-corrected chi connectivity index (χ0v) is 14.9. The van der Waals surface area contributed by atoms with Gasteiger partial charge in [-0.05, 0) is 35.9 Å². The van der Waals surface area contributed by atoms with Crippen molar-refractivity contribution in [3.63, 3.8) is 0 Å². The number of ether oxygens (including phenoxy) is 3. The molecule has 1 N–H and O–H groups in total. The van der Waals surface area contributed by atoms with E-state index in [1.54, 1.807) is 12.1 Å². The smallest absolute Gasteiger partial charge is 0.240 e. The van der Waals surface area contributed by atoms with Gasteiger partial charge in [0.05, 0.1) is 37.9 Å². The Hall–Kier alpha value is -2.76. The predicted molar refractivity (Wildman–Crippen MR) is 91.3 cm³/mol. The third-order valence-corrected chi connectivity index (χ3v) is 4.86. The van der Waals surface area contributed by atoms with Gasteiger partial charge in [0.1, 0.15) is 0 Å². The van der Waals surface area contributed by atoms with E-state index in [1.807, 2.05) is 6.07 Å². The van der Waals surface area contributed by atoms with E-state index in [2.05, 4.69) is 4.72 Å². The summed E-state index contributed by atoms with van der Waals surface area (Å²) in [6.45, 7) is 0.0236. The first-order valence-corrected chi connectivity index (χ1v) is 8.72. The number of rotatable bonds is 7. The maximum absolute atomic E-state index is 12.4. The van der Waals surface area contributed by atoms with Crippen LogP contribution in [0.3, 0.4) is 0 Å². The van der Waals surface area contributed by atoms with Crippen molar-refractivity contribution in [2.75, 3.05) is 21.3 Å². The molecule has 2 aromatic rings. The zero-order valence-electron chi connectivity index (χ0n) is 14.1. The molecule has 2 aromatic carbocycles. The lowest BCUT2D eigenvalue weighted by molar-refractivity contribution is 0.323. The van der Waals surface area contributed by atoms with Crippen molar-refractivity contribution in [2.45, 2.75) is 11.4 Å². The average Bonchev–Trinajstić information content (AvgIpc) is 2.65. The van der Waals surface area contributed by atoms with E-state index in [4.69, 9.17) is 19.5 Å². The van der Waals surface area contributed by atoms with Gasteiger partial charge in [-0.15, -0.1) is 0 Å². The molecule has 0 bridgehead atoms. The Bertz CT molecular complexity index is 878. The number of methoxy groups -OCH3 is 3. The fourth-order valence-electron chi connectivity index (χ4n) is 2.23. The van der Waals surface area contributed by atoms with Gasteiger partial charge >= 0.3 is 0 Å². The first-order chi connectivity index (χ1) is 11.9. The summed E-state index contributed by atoms with van der Waals surface area (Å²) in [5.41, 5.74) is 0.908. The van der Waals surface area contributed by atoms with Crippen molar-refractivity contribution < 1.29 is 22.6 Å². The Balaban J connectivity index is 2.27. The summed E-state index contributed by atoms with van der Waals surface area (Å²) in [4.78, 5) is 0.0268. The molecule has 0 saturated carbocycles. The van der Waals surface area contributed by atoms with E-state index in [0.29, 0.717) is 22.8 Å². The third kappa shape index (κ3) is 4.21. The van der Waals surface area contributed by atoms with Gasteiger partial charge in [-0.2, -0.15) is 5.26 Å². The Kier molecular flexibility index (Phi) is 5.85. The van der Waals surface area contributed by atoms with Crippen LogP contribution < -0.4 is 18.9 Å². The van der Waals surface area contributed by atoms with Crippen molar-refractivity contribution in [1.82, 2.24) is 4.72 Å². The van der Waals surface area contributed by atoms with Gasteiger partial charge in [0.25, 0.3) is 0 Å². The normalized spacial score (nSPS) is 10.8. The largest absolute Gasteiger partial charge is 0.493 e. The minimum absolute atomic E-state index is 0.0236. The fourth-order valence-corrected chi connectivity index (χ4v) is 3.30. The van der Waals surface area contributed by atoms with Gasteiger partial charge in [-0.3, -0.25) is 0 Å². The molecule has 132 valence electrons. The minimum atomic E-state index is -3.76. The highest BCUT2D eigenvalue weighted by molar-refractivity contribution is 7.89. The van der Waals surface area contributed by atoms with E-state index < -0.39 is 10.0 Å². The van der Waals surface area contributed by atoms with Crippen LogP contribution in [0, 0.1) is 11.3 Å². The summed E-state index contributed by atoms with van der Waals surface area (Å²) in [5, 5.41) is 8.90. The highest BCUT2D eigenvalue weighted by Gasteiger charge is 2.17. The van der Waals surface area contributed by atoms with E-state index in [9.17, 15) is 8.42 Å². The second kappa shape index (κ2) is 7.88. The van der Waals surface area contributed by atoms with Gasteiger partial charge in [0.15, 0.2) is 11.5 Å². The van der Waals surface area contributed by atoms with Gasteiger partial charge < -0.3 is 14.2 Å². The molecule has 8 heteroatoms. The maximum Gasteiger partial charge on any atom is 0.240 e. The SMILES string of the molecule is COc1cc(CNS(=O)(=O)c2cccc(C#N)c2)cc(OC)c1OC. The molecule has 0 aromatic heterocycles. The molecular formula is C17H18N2O5S. The summed E-state index contributed by atoms with van der Waals surface area (Å²) in [5.74, 6) is 1.29. The number of nitriles is 1. The van der Waals surface area contributed by atoms with E-state index in [-0.39, 0.29) is 17.0 Å². The molecule has 0 fully saturated rings. The van der Waals surface area contributed by atoms with Crippen molar-refractivity contribution in [2.24, 2.45) is 0 Å². The summed E-state index contributed by atoms with van der Waals surface area (Å²) >= 11 is 0. The number of benzene rings is 2. The van der Waals surface area contributed by atoms with Gasteiger partial charge in [-0.1, -0.05) is 6.07 Å². The first-order valence-electron chi connectivity index (χ1n) is 7.24. The summed E-state index contributed by atoms with van der Waals surface area (Å²) in [6.07, 6.45) is 0. The molecule has 0 aliphatic rings. The second-order valence-electron chi connectivity index (χ2n) is 5.00. The predicted octanol–water partition coefficient (Wildman–Crippen LogP) is 2.06. The lowest BCUT2D eigenvalue weighted by Gasteiger charge is -2.14. The molecule has 0 spiro atoms. The highest BCUT2D eigenvalue weighted by atomic mass is 32.2. The molecule has 0 aliphatic heterocycles. The summed E-state index contributed by atoms with van der Waals surface area (Å²) < 4.78 is 43.0. The van der Waals surface area contributed by atoms with Crippen LogP contribution >= 0.6 is 0 Å². The third-order valence-electron chi connectivity index (χ3n) is 3.46. The highest BCUT2D eigenvalue weighted by Crippen LogP contribution is 2.38. The molecular weight excluding hydrogens is 344 g/mol. The topological polar surface area (TPSA) is 97.7 Å². The Morgan fingerprint density at radius 3 is 2.20 bits per heavy atom.